The van der Waals surface area contributed by atoms with Gasteiger partial charge in [-0.25, -0.2) is 4.98 Å². The molecule has 1 aromatic heterocycles. The molecule has 1 aromatic rings. The van der Waals surface area contributed by atoms with E-state index in [0.29, 0.717) is 11.6 Å². The molecule has 0 bridgehead atoms. The van der Waals surface area contributed by atoms with Crippen LogP contribution in [0.2, 0.25) is 0 Å². The van der Waals surface area contributed by atoms with E-state index in [1.165, 1.54) is 6.20 Å². The number of carbonyl (C=O) groups is 1. The first-order valence-electron chi connectivity index (χ1n) is 3.48. The maximum atomic E-state index is 10.9. The van der Waals surface area contributed by atoms with Crippen molar-refractivity contribution in [3.8, 4) is 5.75 Å². The number of pyridine rings is 1. The lowest BCUT2D eigenvalue weighted by atomic mass is 10.3. The summed E-state index contributed by atoms with van der Waals surface area (Å²) in [4.78, 5) is 14.8. The van der Waals surface area contributed by atoms with Crippen LogP contribution in [0.1, 0.15) is 0 Å². The number of nitrogens with one attached hydrogen (secondary N) is 1. The SMILES string of the molecule is O=C1Nc2ncc(Br)cc2OC1O. The molecule has 5 nitrogen and oxygen atoms in total. The Morgan fingerprint density at radius 3 is 3.23 bits per heavy atom. The molecule has 1 aliphatic heterocycles. The van der Waals surface area contributed by atoms with Gasteiger partial charge in [0.15, 0.2) is 11.6 Å². The molecular weight excluding hydrogens is 240 g/mol. The Labute approximate surface area is 81.9 Å². The maximum absolute atomic E-state index is 10.9. The molecule has 1 unspecified atom stereocenters. The molecule has 2 N–H and O–H groups in total. The second-order valence-electron chi connectivity index (χ2n) is 2.46. The van der Waals surface area contributed by atoms with E-state index in [1.54, 1.807) is 6.07 Å². The first-order valence-corrected chi connectivity index (χ1v) is 4.27. The van der Waals surface area contributed by atoms with Crippen molar-refractivity contribution in [2.75, 3.05) is 5.32 Å². The van der Waals surface area contributed by atoms with Crippen LogP contribution in [-0.4, -0.2) is 22.3 Å². The number of halogens is 1. The quantitative estimate of drug-likeness (QED) is 0.697. The van der Waals surface area contributed by atoms with Gasteiger partial charge < -0.3 is 15.2 Å². The number of ether oxygens (including phenoxy) is 1. The third-order valence-corrected chi connectivity index (χ3v) is 1.96. The van der Waals surface area contributed by atoms with E-state index in [2.05, 4.69) is 26.2 Å². The number of aliphatic hydroxyl groups is 1. The monoisotopic (exact) mass is 244 g/mol. The Kier molecular flexibility index (Phi) is 1.93. The summed E-state index contributed by atoms with van der Waals surface area (Å²) in [5, 5.41) is 11.4. The highest BCUT2D eigenvalue weighted by Gasteiger charge is 2.26. The fourth-order valence-corrected chi connectivity index (χ4v) is 1.27. The summed E-state index contributed by atoms with van der Waals surface area (Å²) in [5.41, 5.74) is 0. The van der Waals surface area contributed by atoms with Gasteiger partial charge in [0.1, 0.15) is 0 Å². The number of aromatic nitrogens is 1. The number of aliphatic hydroxyl groups excluding tert-OH is 1. The minimum Gasteiger partial charge on any atom is -0.452 e. The van der Waals surface area contributed by atoms with Gasteiger partial charge in [-0.2, -0.15) is 0 Å². The van der Waals surface area contributed by atoms with E-state index in [9.17, 15) is 4.79 Å². The zero-order valence-corrected chi connectivity index (χ0v) is 7.91. The molecule has 1 aliphatic rings. The highest BCUT2D eigenvalue weighted by atomic mass is 79.9. The fourth-order valence-electron chi connectivity index (χ4n) is 0.957. The highest BCUT2D eigenvalue weighted by Crippen LogP contribution is 2.29. The Bertz CT molecular complexity index is 369. The molecule has 0 aliphatic carbocycles. The third-order valence-electron chi connectivity index (χ3n) is 1.52. The molecule has 0 saturated heterocycles. The number of amides is 1. The standard InChI is InChI=1S/C7H5BrN2O3/c8-3-1-4-5(9-2-3)10-6(11)7(12)13-4/h1-2,7,12H,(H,9,10,11). The Balaban J connectivity index is 2.42. The molecular formula is C7H5BrN2O3. The van der Waals surface area contributed by atoms with Gasteiger partial charge in [-0.1, -0.05) is 0 Å². The van der Waals surface area contributed by atoms with Gasteiger partial charge >= 0.3 is 0 Å². The van der Waals surface area contributed by atoms with E-state index >= 15 is 0 Å². The highest BCUT2D eigenvalue weighted by molar-refractivity contribution is 9.10. The minimum atomic E-state index is -1.46. The molecule has 0 fully saturated rings. The van der Waals surface area contributed by atoms with Crippen molar-refractivity contribution < 1.29 is 14.6 Å². The Morgan fingerprint density at radius 1 is 1.69 bits per heavy atom. The Morgan fingerprint density at radius 2 is 2.46 bits per heavy atom. The fraction of sp³-hybridized carbons (Fsp3) is 0.143. The second-order valence-corrected chi connectivity index (χ2v) is 3.38. The van der Waals surface area contributed by atoms with E-state index in [-0.39, 0.29) is 0 Å². The van der Waals surface area contributed by atoms with E-state index in [1.807, 2.05) is 0 Å². The van der Waals surface area contributed by atoms with Gasteiger partial charge in [-0.3, -0.25) is 4.79 Å². The summed E-state index contributed by atoms with van der Waals surface area (Å²) < 4.78 is 5.59. The predicted molar refractivity (Wildman–Crippen MR) is 47.2 cm³/mol. The molecule has 2 rings (SSSR count). The zero-order chi connectivity index (χ0) is 9.42. The van der Waals surface area contributed by atoms with Crippen molar-refractivity contribution in [3.05, 3.63) is 16.7 Å². The predicted octanol–water partition coefficient (Wildman–Crippen LogP) is 0.493. The Hall–Kier alpha value is -1.14. The largest absolute Gasteiger partial charge is 0.452 e. The summed E-state index contributed by atoms with van der Waals surface area (Å²) >= 11 is 3.19. The summed E-state index contributed by atoms with van der Waals surface area (Å²) in [6.45, 7) is 0. The summed E-state index contributed by atoms with van der Waals surface area (Å²) in [5.74, 6) is 0.0577. The number of rotatable bonds is 0. The van der Waals surface area contributed by atoms with Gasteiger partial charge in [0, 0.05) is 10.7 Å². The van der Waals surface area contributed by atoms with Crippen molar-refractivity contribution in [1.82, 2.24) is 4.98 Å². The zero-order valence-electron chi connectivity index (χ0n) is 6.32. The number of carbonyl (C=O) groups excluding carboxylic acids is 1. The van der Waals surface area contributed by atoms with Crippen LogP contribution >= 0.6 is 15.9 Å². The lowest BCUT2D eigenvalue weighted by molar-refractivity contribution is -0.139. The molecule has 13 heavy (non-hydrogen) atoms. The van der Waals surface area contributed by atoms with Crippen LogP contribution in [0.15, 0.2) is 16.7 Å². The first-order chi connectivity index (χ1) is 6.16. The molecule has 1 amide bonds. The van der Waals surface area contributed by atoms with Crippen LogP contribution in [0.4, 0.5) is 5.82 Å². The van der Waals surface area contributed by atoms with Crippen LogP contribution in [0, 0.1) is 0 Å². The molecule has 2 heterocycles. The number of fused-ring (bicyclic) bond motifs is 1. The van der Waals surface area contributed by atoms with Crippen molar-refractivity contribution in [2.24, 2.45) is 0 Å². The van der Waals surface area contributed by atoms with Crippen molar-refractivity contribution in [1.29, 1.82) is 0 Å². The van der Waals surface area contributed by atoms with Crippen LogP contribution in [-0.2, 0) is 4.79 Å². The minimum absolute atomic E-state index is 0.318. The van der Waals surface area contributed by atoms with Crippen LogP contribution in [0.25, 0.3) is 0 Å². The van der Waals surface area contributed by atoms with Crippen molar-refractivity contribution in [3.63, 3.8) is 0 Å². The van der Waals surface area contributed by atoms with Gasteiger partial charge in [-0.05, 0) is 22.0 Å². The molecule has 0 aromatic carbocycles. The van der Waals surface area contributed by atoms with Gasteiger partial charge in [0.05, 0.1) is 0 Å². The smallest absolute Gasteiger partial charge is 0.295 e. The average Bonchev–Trinajstić information content (AvgIpc) is 2.08. The lowest BCUT2D eigenvalue weighted by Gasteiger charge is -2.20. The normalized spacial score (nSPS) is 20.2. The number of nitrogens with zero attached hydrogens (tertiary/aromatic N) is 1. The van der Waals surface area contributed by atoms with E-state index < -0.39 is 12.2 Å². The van der Waals surface area contributed by atoms with Crippen LogP contribution in [0.3, 0.4) is 0 Å². The number of hydrogen-bond acceptors (Lipinski definition) is 4. The maximum Gasteiger partial charge on any atom is 0.295 e. The topological polar surface area (TPSA) is 71.5 Å². The second kappa shape index (κ2) is 2.97. The first kappa shape index (κ1) is 8.46. The van der Waals surface area contributed by atoms with Gasteiger partial charge in [0.2, 0.25) is 0 Å². The van der Waals surface area contributed by atoms with Gasteiger partial charge in [-0.15, -0.1) is 0 Å². The summed E-state index contributed by atoms with van der Waals surface area (Å²) in [7, 11) is 0. The van der Waals surface area contributed by atoms with Crippen LogP contribution in [0.5, 0.6) is 5.75 Å². The van der Waals surface area contributed by atoms with Gasteiger partial charge in [0.25, 0.3) is 12.2 Å². The van der Waals surface area contributed by atoms with Crippen molar-refractivity contribution in [2.45, 2.75) is 6.29 Å². The molecule has 6 heteroatoms. The van der Waals surface area contributed by atoms with Crippen molar-refractivity contribution >= 4 is 27.7 Å². The van der Waals surface area contributed by atoms with Crippen LogP contribution < -0.4 is 10.1 Å². The lowest BCUT2D eigenvalue weighted by Crippen LogP contribution is -2.36. The summed E-state index contributed by atoms with van der Waals surface area (Å²) in [6.07, 6.45) is 0.0730. The number of anilines is 1. The molecule has 68 valence electrons. The van der Waals surface area contributed by atoms with E-state index in [0.717, 1.165) is 4.47 Å². The average molecular weight is 245 g/mol. The molecule has 0 radical (unpaired) electrons. The summed E-state index contributed by atoms with van der Waals surface area (Å²) in [6, 6.07) is 1.62. The number of hydrogen-bond donors (Lipinski definition) is 2. The molecule has 0 spiro atoms. The molecule has 0 saturated carbocycles. The molecule has 1 atom stereocenters. The third kappa shape index (κ3) is 1.50. The van der Waals surface area contributed by atoms with E-state index in [4.69, 9.17) is 9.84 Å².